The van der Waals surface area contributed by atoms with Gasteiger partial charge in [-0.1, -0.05) is 12.1 Å². The molecule has 1 heterocycles. The Labute approximate surface area is 118 Å². The van der Waals surface area contributed by atoms with Crippen LogP contribution in [0.3, 0.4) is 0 Å². The molecule has 2 rings (SSSR count). The molecule has 1 aromatic carbocycles. The third-order valence-corrected chi connectivity index (χ3v) is 3.70. The SMILES string of the molecule is Cc1ccc(C(=O)NCc2ccc(C(F)(F)F)cc2)s1. The third-order valence-electron chi connectivity index (χ3n) is 2.70. The smallest absolute Gasteiger partial charge is 0.347 e. The summed E-state index contributed by atoms with van der Waals surface area (Å²) in [5.74, 6) is -0.219. The Hall–Kier alpha value is -1.82. The number of thiophene rings is 1. The molecule has 6 heteroatoms. The van der Waals surface area contributed by atoms with Crippen molar-refractivity contribution in [3.8, 4) is 0 Å². The maximum absolute atomic E-state index is 12.4. The monoisotopic (exact) mass is 299 g/mol. The van der Waals surface area contributed by atoms with E-state index in [2.05, 4.69) is 5.32 Å². The molecule has 1 amide bonds. The molecule has 0 atom stereocenters. The molecule has 2 aromatic rings. The van der Waals surface area contributed by atoms with Gasteiger partial charge in [-0.2, -0.15) is 13.2 Å². The Kier molecular flexibility index (Phi) is 4.13. The molecule has 0 fully saturated rings. The van der Waals surface area contributed by atoms with E-state index in [1.54, 1.807) is 6.07 Å². The second-order valence-electron chi connectivity index (χ2n) is 4.29. The molecule has 0 aliphatic heterocycles. The number of nitrogens with one attached hydrogen (secondary N) is 1. The number of hydrogen-bond donors (Lipinski definition) is 1. The summed E-state index contributed by atoms with van der Waals surface area (Å²) in [5, 5.41) is 2.68. The number of halogens is 3. The number of carbonyl (C=O) groups excluding carboxylic acids is 1. The van der Waals surface area contributed by atoms with Crippen molar-refractivity contribution < 1.29 is 18.0 Å². The molecule has 0 unspecified atom stereocenters. The zero-order chi connectivity index (χ0) is 14.8. The van der Waals surface area contributed by atoms with E-state index in [0.717, 1.165) is 17.0 Å². The summed E-state index contributed by atoms with van der Waals surface area (Å²) in [6, 6.07) is 8.32. The zero-order valence-electron chi connectivity index (χ0n) is 10.6. The Balaban J connectivity index is 1.96. The topological polar surface area (TPSA) is 29.1 Å². The van der Waals surface area contributed by atoms with Crippen LogP contribution in [0.2, 0.25) is 0 Å². The lowest BCUT2D eigenvalue weighted by molar-refractivity contribution is -0.137. The molecule has 0 bridgehead atoms. The van der Waals surface area contributed by atoms with Gasteiger partial charge in [0.05, 0.1) is 10.4 Å². The molecule has 0 aliphatic rings. The van der Waals surface area contributed by atoms with Gasteiger partial charge < -0.3 is 5.32 Å². The number of alkyl halides is 3. The fourth-order valence-corrected chi connectivity index (χ4v) is 2.42. The summed E-state index contributed by atoms with van der Waals surface area (Å²) < 4.78 is 37.2. The molecule has 1 aromatic heterocycles. The van der Waals surface area contributed by atoms with Crippen LogP contribution in [0.15, 0.2) is 36.4 Å². The zero-order valence-corrected chi connectivity index (χ0v) is 11.4. The highest BCUT2D eigenvalue weighted by atomic mass is 32.1. The molecule has 2 nitrogen and oxygen atoms in total. The third kappa shape index (κ3) is 3.60. The number of carbonyl (C=O) groups is 1. The minimum absolute atomic E-state index is 0.202. The fraction of sp³-hybridized carbons (Fsp3) is 0.214. The van der Waals surface area contributed by atoms with E-state index < -0.39 is 11.7 Å². The van der Waals surface area contributed by atoms with Crippen molar-refractivity contribution in [1.29, 1.82) is 0 Å². The van der Waals surface area contributed by atoms with Gasteiger partial charge in [0.2, 0.25) is 0 Å². The summed E-state index contributed by atoms with van der Waals surface area (Å²) in [4.78, 5) is 13.4. The van der Waals surface area contributed by atoms with Crippen LogP contribution in [0, 0.1) is 6.92 Å². The lowest BCUT2D eigenvalue weighted by Gasteiger charge is -2.08. The van der Waals surface area contributed by atoms with Crippen molar-refractivity contribution in [3.05, 3.63) is 57.3 Å². The minimum Gasteiger partial charge on any atom is -0.347 e. The Bertz CT molecular complexity index is 602. The summed E-state index contributed by atoms with van der Waals surface area (Å²) >= 11 is 1.38. The fourth-order valence-electron chi connectivity index (χ4n) is 1.64. The molecule has 0 radical (unpaired) electrons. The number of benzene rings is 1. The van der Waals surface area contributed by atoms with Gasteiger partial charge in [-0.3, -0.25) is 4.79 Å². The van der Waals surface area contributed by atoms with Crippen molar-refractivity contribution >= 4 is 17.2 Å². The summed E-state index contributed by atoms with van der Waals surface area (Å²) in [6.45, 7) is 2.10. The maximum Gasteiger partial charge on any atom is 0.416 e. The first-order valence-electron chi connectivity index (χ1n) is 5.87. The van der Waals surface area contributed by atoms with E-state index in [4.69, 9.17) is 0 Å². The highest BCUT2D eigenvalue weighted by molar-refractivity contribution is 7.13. The van der Waals surface area contributed by atoms with Crippen molar-refractivity contribution in [2.45, 2.75) is 19.6 Å². The predicted molar refractivity (Wildman–Crippen MR) is 71.7 cm³/mol. The van der Waals surface area contributed by atoms with E-state index in [9.17, 15) is 18.0 Å². The van der Waals surface area contributed by atoms with Gasteiger partial charge in [-0.25, -0.2) is 0 Å². The van der Waals surface area contributed by atoms with E-state index in [1.807, 2.05) is 13.0 Å². The van der Waals surface area contributed by atoms with Crippen LogP contribution in [0.25, 0.3) is 0 Å². The van der Waals surface area contributed by atoms with Gasteiger partial charge in [0, 0.05) is 11.4 Å². The molecule has 0 aliphatic carbocycles. The highest BCUT2D eigenvalue weighted by Gasteiger charge is 2.29. The number of hydrogen-bond acceptors (Lipinski definition) is 2. The quantitative estimate of drug-likeness (QED) is 0.911. The van der Waals surface area contributed by atoms with Crippen molar-refractivity contribution in [3.63, 3.8) is 0 Å². The number of amides is 1. The van der Waals surface area contributed by atoms with Gasteiger partial charge in [0.1, 0.15) is 0 Å². The average Bonchev–Trinajstić information content (AvgIpc) is 2.82. The highest BCUT2D eigenvalue weighted by Crippen LogP contribution is 2.29. The van der Waals surface area contributed by atoms with Gasteiger partial charge in [0.25, 0.3) is 5.91 Å². The van der Waals surface area contributed by atoms with Crippen LogP contribution in [-0.2, 0) is 12.7 Å². The molecular weight excluding hydrogens is 287 g/mol. The molecule has 20 heavy (non-hydrogen) atoms. The molecule has 1 N–H and O–H groups in total. The second-order valence-corrected chi connectivity index (χ2v) is 5.58. The Morgan fingerprint density at radius 2 is 1.80 bits per heavy atom. The van der Waals surface area contributed by atoms with Crippen LogP contribution < -0.4 is 5.32 Å². The lowest BCUT2D eigenvalue weighted by atomic mass is 10.1. The first-order chi connectivity index (χ1) is 9.36. The largest absolute Gasteiger partial charge is 0.416 e. The van der Waals surface area contributed by atoms with Crippen molar-refractivity contribution in [2.24, 2.45) is 0 Å². The van der Waals surface area contributed by atoms with E-state index in [0.29, 0.717) is 10.4 Å². The average molecular weight is 299 g/mol. The molecule has 0 saturated carbocycles. The summed E-state index contributed by atoms with van der Waals surface area (Å²) in [5.41, 5.74) is -0.0684. The van der Waals surface area contributed by atoms with Crippen LogP contribution in [-0.4, -0.2) is 5.91 Å². The van der Waals surface area contributed by atoms with Crippen molar-refractivity contribution in [1.82, 2.24) is 5.32 Å². The molecular formula is C14H12F3NOS. The standard InChI is InChI=1S/C14H12F3NOS/c1-9-2-7-12(20-9)13(19)18-8-10-3-5-11(6-4-10)14(15,16)17/h2-7H,8H2,1H3,(H,18,19). The maximum atomic E-state index is 12.4. The van der Waals surface area contributed by atoms with Crippen LogP contribution in [0.1, 0.15) is 25.7 Å². The van der Waals surface area contributed by atoms with Gasteiger partial charge >= 0.3 is 6.18 Å². The minimum atomic E-state index is -4.34. The first-order valence-corrected chi connectivity index (χ1v) is 6.68. The van der Waals surface area contributed by atoms with Crippen LogP contribution >= 0.6 is 11.3 Å². The number of aryl methyl sites for hydroxylation is 1. The van der Waals surface area contributed by atoms with Gasteiger partial charge in [0.15, 0.2) is 0 Å². The van der Waals surface area contributed by atoms with Crippen molar-refractivity contribution in [2.75, 3.05) is 0 Å². The van der Waals surface area contributed by atoms with E-state index in [1.165, 1.54) is 23.5 Å². The summed E-state index contributed by atoms with van der Waals surface area (Å²) in [6.07, 6.45) is -4.34. The van der Waals surface area contributed by atoms with E-state index in [-0.39, 0.29) is 12.5 Å². The second kappa shape index (κ2) is 5.66. The van der Waals surface area contributed by atoms with E-state index >= 15 is 0 Å². The number of rotatable bonds is 3. The van der Waals surface area contributed by atoms with Gasteiger partial charge in [-0.05, 0) is 36.8 Å². The first kappa shape index (κ1) is 14.6. The van der Waals surface area contributed by atoms with Gasteiger partial charge in [-0.15, -0.1) is 11.3 Å². The Morgan fingerprint density at radius 3 is 2.30 bits per heavy atom. The molecule has 106 valence electrons. The molecule has 0 spiro atoms. The van der Waals surface area contributed by atoms with Crippen LogP contribution in [0.5, 0.6) is 0 Å². The predicted octanol–water partition coefficient (Wildman–Crippen LogP) is 4.01. The Morgan fingerprint density at radius 1 is 1.15 bits per heavy atom. The summed E-state index contributed by atoms with van der Waals surface area (Å²) in [7, 11) is 0. The lowest BCUT2D eigenvalue weighted by Crippen LogP contribution is -2.21. The molecule has 0 saturated heterocycles. The normalized spacial score (nSPS) is 11.4. The van der Waals surface area contributed by atoms with Crippen LogP contribution in [0.4, 0.5) is 13.2 Å².